The molecule has 0 aliphatic carbocycles. The number of nitrogens with one attached hydrogen (secondary N) is 1. The predicted molar refractivity (Wildman–Crippen MR) is 70.5 cm³/mol. The van der Waals surface area contributed by atoms with E-state index in [2.05, 4.69) is 34.5 Å². The molecule has 0 atom stereocenters. The molecule has 0 saturated heterocycles. The Morgan fingerprint density at radius 2 is 1.88 bits per heavy atom. The Morgan fingerprint density at radius 1 is 1.31 bits per heavy atom. The summed E-state index contributed by atoms with van der Waals surface area (Å²) >= 11 is 3.45. The van der Waals surface area contributed by atoms with Gasteiger partial charge in [0.2, 0.25) is 10.0 Å². The molecule has 0 aliphatic heterocycles. The Hall–Kier alpha value is 0.350. The van der Waals surface area contributed by atoms with Crippen LogP contribution < -0.4 is 4.72 Å². The summed E-state index contributed by atoms with van der Waals surface area (Å²) in [6.45, 7) is 4.87. The van der Waals surface area contributed by atoms with Crippen LogP contribution in [-0.4, -0.2) is 39.8 Å². The molecule has 0 spiro atoms. The van der Waals surface area contributed by atoms with E-state index in [0.717, 1.165) is 18.2 Å². The van der Waals surface area contributed by atoms with Crippen LogP contribution in [0.5, 0.6) is 0 Å². The number of halogens is 1. The highest BCUT2D eigenvalue weighted by atomic mass is 79.9. The highest BCUT2D eigenvalue weighted by Gasteiger charge is 2.26. The summed E-state index contributed by atoms with van der Waals surface area (Å²) in [6.07, 6.45) is 1.89. The molecule has 0 aliphatic rings. The predicted octanol–water partition coefficient (Wildman–Crippen LogP) is 1.75. The highest BCUT2D eigenvalue weighted by Crippen LogP contribution is 2.27. The van der Waals surface area contributed by atoms with E-state index in [1.54, 1.807) is 0 Å². The van der Waals surface area contributed by atoms with Crippen molar-refractivity contribution in [3.05, 3.63) is 0 Å². The fourth-order valence-corrected chi connectivity index (χ4v) is 3.31. The van der Waals surface area contributed by atoms with Crippen molar-refractivity contribution in [1.82, 2.24) is 4.72 Å². The Balaban J connectivity index is 4.30. The number of hydrogen-bond donors (Lipinski definition) is 1. The average Bonchev–Trinajstić information content (AvgIpc) is 2.29. The quantitative estimate of drug-likeness (QED) is 0.660. The van der Waals surface area contributed by atoms with Crippen molar-refractivity contribution in [2.24, 2.45) is 5.41 Å². The second-order valence-electron chi connectivity index (χ2n) is 3.97. The second-order valence-corrected chi connectivity index (χ2v) is 6.46. The Labute approximate surface area is 107 Å². The number of sulfonamides is 1. The number of methoxy groups -OCH3 is 1. The molecule has 4 nitrogen and oxygen atoms in total. The molecule has 0 unspecified atom stereocenters. The third-order valence-corrected chi connectivity index (χ3v) is 5.48. The molecule has 0 aromatic heterocycles. The summed E-state index contributed by atoms with van der Waals surface area (Å²) in [6, 6.07) is 0. The first-order valence-electron chi connectivity index (χ1n) is 5.47. The van der Waals surface area contributed by atoms with Crippen molar-refractivity contribution < 1.29 is 13.2 Å². The van der Waals surface area contributed by atoms with E-state index in [0.29, 0.717) is 6.54 Å². The van der Waals surface area contributed by atoms with Gasteiger partial charge in [-0.2, -0.15) is 0 Å². The summed E-state index contributed by atoms with van der Waals surface area (Å²) in [5.41, 5.74) is 0.0140. The van der Waals surface area contributed by atoms with Crippen LogP contribution in [0, 0.1) is 5.41 Å². The van der Waals surface area contributed by atoms with E-state index in [9.17, 15) is 8.42 Å². The average molecular weight is 316 g/mol. The van der Waals surface area contributed by atoms with E-state index in [1.807, 2.05) is 0 Å². The molecule has 16 heavy (non-hydrogen) atoms. The molecule has 6 heteroatoms. The van der Waals surface area contributed by atoms with Crippen molar-refractivity contribution in [1.29, 1.82) is 0 Å². The molecular weight excluding hydrogens is 294 g/mol. The first-order valence-corrected chi connectivity index (χ1v) is 8.25. The third kappa shape index (κ3) is 5.61. The molecule has 0 amide bonds. The van der Waals surface area contributed by atoms with Crippen molar-refractivity contribution in [2.45, 2.75) is 26.7 Å². The standard InChI is InChI=1S/C10H22BrNO3S/c1-4-10(5-2,8-11)9-12-16(13,14)7-6-15-3/h12H,4-9H2,1-3H3. The van der Waals surface area contributed by atoms with Crippen LogP contribution in [-0.2, 0) is 14.8 Å². The number of hydrogen-bond acceptors (Lipinski definition) is 3. The molecule has 0 aromatic carbocycles. The molecular formula is C10H22BrNO3S. The fraction of sp³-hybridized carbons (Fsp3) is 1.00. The van der Waals surface area contributed by atoms with Gasteiger partial charge in [-0.1, -0.05) is 29.8 Å². The maximum atomic E-state index is 11.6. The molecule has 0 fully saturated rings. The van der Waals surface area contributed by atoms with Crippen LogP contribution >= 0.6 is 15.9 Å². The molecule has 0 aromatic rings. The normalized spacial score (nSPS) is 13.0. The topological polar surface area (TPSA) is 55.4 Å². The fourth-order valence-electron chi connectivity index (χ4n) is 1.26. The van der Waals surface area contributed by atoms with E-state index >= 15 is 0 Å². The van der Waals surface area contributed by atoms with E-state index in [4.69, 9.17) is 4.74 Å². The number of ether oxygens (including phenoxy) is 1. The van der Waals surface area contributed by atoms with Crippen LogP contribution in [0.2, 0.25) is 0 Å². The lowest BCUT2D eigenvalue weighted by Crippen LogP contribution is -2.39. The third-order valence-electron chi connectivity index (χ3n) is 3.01. The van der Waals surface area contributed by atoms with E-state index in [1.165, 1.54) is 7.11 Å². The minimum atomic E-state index is -3.20. The van der Waals surface area contributed by atoms with Gasteiger partial charge in [0, 0.05) is 19.0 Å². The van der Waals surface area contributed by atoms with Gasteiger partial charge >= 0.3 is 0 Å². The molecule has 0 bridgehead atoms. The Bertz CT molecular complexity index is 268. The van der Waals surface area contributed by atoms with Crippen LogP contribution in [0.25, 0.3) is 0 Å². The molecule has 1 N–H and O–H groups in total. The van der Waals surface area contributed by atoms with Gasteiger partial charge < -0.3 is 4.74 Å². The van der Waals surface area contributed by atoms with Gasteiger partial charge in [-0.3, -0.25) is 0 Å². The molecule has 0 heterocycles. The zero-order valence-electron chi connectivity index (χ0n) is 10.3. The lowest BCUT2D eigenvalue weighted by molar-refractivity contribution is 0.216. The van der Waals surface area contributed by atoms with Gasteiger partial charge in [-0.25, -0.2) is 13.1 Å². The summed E-state index contributed by atoms with van der Waals surface area (Å²) < 4.78 is 30.6. The van der Waals surface area contributed by atoms with Gasteiger partial charge in [0.05, 0.1) is 12.4 Å². The van der Waals surface area contributed by atoms with Gasteiger partial charge in [0.25, 0.3) is 0 Å². The zero-order chi connectivity index (χ0) is 12.7. The van der Waals surface area contributed by atoms with Gasteiger partial charge in [-0.15, -0.1) is 0 Å². The largest absolute Gasteiger partial charge is 0.384 e. The van der Waals surface area contributed by atoms with Crippen molar-refractivity contribution in [2.75, 3.05) is 31.3 Å². The van der Waals surface area contributed by atoms with Crippen LogP contribution in [0.3, 0.4) is 0 Å². The summed E-state index contributed by atoms with van der Waals surface area (Å²) in [5.74, 6) is 0.0231. The van der Waals surface area contributed by atoms with Gasteiger partial charge in [0.15, 0.2) is 0 Å². The second kappa shape index (κ2) is 7.63. The monoisotopic (exact) mass is 315 g/mol. The molecule has 0 saturated carbocycles. The minimum absolute atomic E-state index is 0.0140. The SMILES string of the molecule is CCC(CC)(CBr)CNS(=O)(=O)CCOC. The Kier molecular flexibility index (Phi) is 7.80. The first kappa shape index (κ1) is 16.4. The minimum Gasteiger partial charge on any atom is -0.384 e. The Morgan fingerprint density at radius 3 is 2.25 bits per heavy atom. The van der Waals surface area contributed by atoms with Crippen LogP contribution in [0.1, 0.15) is 26.7 Å². The number of alkyl halides is 1. The first-order chi connectivity index (χ1) is 7.45. The molecule has 0 rings (SSSR count). The van der Waals surface area contributed by atoms with Gasteiger partial charge in [0.1, 0.15) is 0 Å². The van der Waals surface area contributed by atoms with Gasteiger partial charge in [-0.05, 0) is 18.3 Å². The smallest absolute Gasteiger partial charge is 0.213 e. The lowest BCUT2D eigenvalue weighted by Gasteiger charge is -2.29. The molecule has 98 valence electrons. The van der Waals surface area contributed by atoms with Crippen molar-refractivity contribution in [3.8, 4) is 0 Å². The van der Waals surface area contributed by atoms with Crippen molar-refractivity contribution in [3.63, 3.8) is 0 Å². The summed E-state index contributed by atoms with van der Waals surface area (Å²) in [5, 5.41) is 0.805. The highest BCUT2D eigenvalue weighted by molar-refractivity contribution is 9.09. The van der Waals surface area contributed by atoms with Crippen LogP contribution in [0.4, 0.5) is 0 Å². The summed E-state index contributed by atoms with van der Waals surface area (Å²) in [4.78, 5) is 0. The van der Waals surface area contributed by atoms with Crippen LogP contribution in [0.15, 0.2) is 0 Å². The molecule has 0 radical (unpaired) electrons. The maximum Gasteiger partial charge on any atom is 0.213 e. The van der Waals surface area contributed by atoms with E-state index < -0.39 is 10.0 Å². The van der Waals surface area contributed by atoms with Crippen molar-refractivity contribution >= 4 is 26.0 Å². The maximum absolute atomic E-state index is 11.6. The zero-order valence-corrected chi connectivity index (χ0v) is 12.7. The number of rotatable bonds is 9. The summed E-state index contributed by atoms with van der Waals surface area (Å²) in [7, 11) is -1.71. The lowest BCUT2D eigenvalue weighted by atomic mass is 9.85. The van der Waals surface area contributed by atoms with E-state index in [-0.39, 0.29) is 17.8 Å².